The van der Waals surface area contributed by atoms with Crippen LogP contribution >= 0.6 is 0 Å². The van der Waals surface area contributed by atoms with Crippen LogP contribution in [0.4, 0.5) is 59.9 Å². The maximum Gasteiger partial charge on any atom is 0.435 e. The number of hydrogen-bond acceptors (Lipinski definition) is 7. The third-order valence-corrected chi connectivity index (χ3v) is 8.49. The number of pyridine rings is 1. The second-order valence-electron chi connectivity index (χ2n) is 12.9. The molecular formula is C35H40F11N7O3. The molecule has 56 heavy (non-hydrogen) atoms. The van der Waals surface area contributed by atoms with Crippen LogP contribution in [-0.2, 0) is 25.9 Å². The van der Waals surface area contributed by atoms with Crippen LogP contribution in [0.1, 0.15) is 97.0 Å². The number of carbonyl (C=O) groups is 2. The molecule has 1 aliphatic rings. The van der Waals surface area contributed by atoms with E-state index in [2.05, 4.69) is 44.5 Å². The summed E-state index contributed by atoms with van der Waals surface area (Å²) in [5.74, 6) is -0.122. The number of nitrogens with zero attached hydrogens (tertiary/aromatic N) is 4. The molecule has 4 aromatic rings. The van der Waals surface area contributed by atoms with Crippen molar-refractivity contribution in [3.8, 4) is 5.88 Å². The Morgan fingerprint density at radius 1 is 0.964 bits per heavy atom. The molecule has 0 radical (unpaired) electrons. The van der Waals surface area contributed by atoms with Gasteiger partial charge in [-0.3, -0.25) is 14.3 Å². The van der Waals surface area contributed by atoms with Crippen LogP contribution < -0.4 is 15.4 Å². The van der Waals surface area contributed by atoms with Gasteiger partial charge in [-0.05, 0) is 42.5 Å². The minimum absolute atomic E-state index is 0.0819. The van der Waals surface area contributed by atoms with E-state index in [-0.39, 0.29) is 34.8 Å². The second kappa shape index (κ2) is 19.7. The molecule has 5 rings (SSSR count). The van der Waals surface area contributed by atoms with Crippen molar-refractivity contribution in [1.29, 1.82) is 0 Å². The van der Waals surface area contributed by atoms with Gasteiger partial charge in [0.15, 0.2) is 23.7 Å². The van der Waals surface area contributed by atoms with Crippen LogP contribution in [0.25, 0.3) is 11.2 Å². The summed E-state index contributed by atoms with van der Waals surface area (Å²) in [5.41, 5.74) is -3.47. The third-order valence-electron chi connectivity index (χ3n) is 8.49. The van der Waals surface area contributed by atoms with Gasteiger partial charge in [0, 0.05) is 19.7 Å². The zero-order valence-electron chi connectivity index (χ0n) is 30.5. The van der Waals surface area contributed by atoms with Gasteiger partial charge in [0.1, 0.15) is 5.69 Å². The highest BCUT2D eigenvalue weighted by Crippen LogP contribution is 2.37. The van der Waals surface area contributed by atoms with Crippen molar-refractivity contribution in [2.75, 3.05) is 11.9 Å². The first-order valence-electron chi connectivity index (χ1n) is 17.2. The van der Waals surface area contributed by atoms with E-state index in [4.69, 9.17) is 4.74 Å². The lowest BCUT2D eigenvalue weighted by atomic mass is 9.81. The minimum Gasteiger partial charge on any atom is -0.471 e. The van der Waals surface area contributed by atoms with Gasteiger partial charge < -0.3 is 20.4 Å². The lowest BCUT2D eigenvalue weighted by molar-refractivity contribution is -0.141. The highest BCUT2D eigenvalue weighted by atomic mass is 19.4. The number of ether oxygens (including phenoxy) is 1. The molecule has 3 heterocycles. The summed E-state index contributed by atoms with van der Waals surface area (Å²) in [6.45, 7) is 0.737. The van der Waals surface area contributed by atoms with E-state index in [1.807, 2.05) is 0 Å². The number of ketones is 1. The van der Waals surface area contributed by atoms with Crippen molar-refractivity contribution in [3.63, 3.8) is 0 Å². The molecule has 0 spiro atoms. The lowest BCUT2D eigenvalue weighted by Crippen LogP contribution is -2.25. The number of rotatable bonds is 11. The number of anilines is 2. The number of Topliss-reactive ketones (excluding diaryl/α,β-unsaturated/α-hetero) is 1. The van der Waals surface area contributed by atoms with Crippen molar-refractivity contribution in [3.05, 3.63) is 58.4 Å². The second-order valence-corrected chi connectivity index (χ2v) is 12.9. The van der Waals surface area contributed by atoms with Crippen molar-refractivity contribution < 1.29 is 62.6 Å². The molecule has 1 saturated carbocycles. The number of carbonyl (C=O) groups excluding carboxylic acids is 2. The van der Waals surface area contributed by atoms with Crippen LogP contribution in [0.5, 0.6) is 5.88 Å². The average Bonchev–Trinajstić information content (AvgIpc) is 3.69. The van der Waals surface area contributed by atoms with Crippen LogP contribution in [0.3, 0.4) is 0 Å². The Morgan fingerprint density at radius 2 is 1.61 bits per heavy atom. The number of alkyl halides is 11. The average molecular weight is 816 g/mol. The summed E-state index contributed by atoms with van der Waals surface area (Å²) in [7, 11) is 1.12. The zero-order chi connectivity index (χ0) is 42.0. The number of fused-ring (bicyclic) bond motifs is 1. The number of hydrogen-bond donors (Lipinski definition) is 3. The molecule has 0 atom stereocenters. The number of aromatic nitrogens is 5. The van der Waals surface area contributed by atoms with Crippen molar-refractivity contribution >= 4 is 34.5 Å². The Hall–Kier alpha value is -4.98. The summed E-state index contributed by atoms with van der Waals surface area (Å²) in [6.07, 6.45) is -3.62. The van der Waals surface area contributed by atoms with Crippen LogP contribution in [0.15, 0.2) is 30.3 Å². The number of amides is 1. The van der Waals surface area contributed by atoms with Gasteiger partial charge in [-0.1, -0.05) is 58.4 Å². The monoisotopic (exact) mass is 815 g/mol. The zero-order valence-corrected chi connectivity index (χ0v) is 30.5. The number of imidazole rings is 1. The molecule has 1 fully saturated rings. The van der Waals surface area contributed by atoms with E-state index < -0.39 is 72.3 Å². The van der Waals surface area contributed by atoms with E-state index >= 15 is 0 Å². The Labute approximate surface area is 313 Å². The number of halogens is 11. The summed E-state index contributed by atoms with van der Waals surface area (Å²) in [6, 6.07) is 4.55. The molecule has 310 valence electrons. The maximum absolute atomic E-state index is 13.7. The van der Waals surface area contributed by atoms with E-state index in [0.29, 0.717) is 6.07 Å². The van der Waals surface area contributed by atoms with E-state index in [0.717, 1.165) is 48.7 Å². The number of H-pyrrole nitrogens is 1. The first-order valence-corrected chi connectivity index (χ1v) is 17.2. The van der Waals surface area contributed by atoms with E-state index in [1.54, 1.807) is 0 Å². The molecule has 0 bridgehead atoms. The molecule has 0 saturated heterocycles. The normalized spacial score (nSPS) is 15.9. The van der Waals surface area contributed by atoms with E-state index in [9.17, 15) is 57.9 Å². The van der Waals surface area contributed by atoms with Gasteiger partial charge in [0.05, 0.1) is 22.3 Å². The molecule has 1 aromatic carbocycles. The predicted molar refractivity (Wildman–Crippen MR) is 183 cm³/mol. The minimum atomic E-state index is -4.84. The Bertz CT molecular complexity index is 1900. The topological polar surface area (TPSA) is 127 Å². The highest BCUT2D eigenvalue weighted by molar-refractivity contribution is 5.99. The number of nitrogens with one attached hydrogen (secondary N) is 3. The van der Waals surface area contributed by atoms with Crippen molar-refractivity contribution in [1.82, 2.24) is 30.0 Å². The first kappa shape index (κ1) is 45.4. The number of aryl methyl sites for hydroxylation is 1. The third kappa shape index (κ3) is 13.6. The summed E-state index contributed by atoms with van der Waals surface area (Å²) < 4.78 is 140. The molecule has 21 heteroatoms. The van der Waals surface area contributed by atoms with Gasteiger partial charge >= 0.3 is 19.0 Å². The van der Waals surface area contributed by atoms with Gasteiger partial charge in [0.2, 0.25) is 11.8 Å². The molecule has 3 aromatic heterocycles. The molecule has 3 N–H and O–H groups in total. The Balaban J connectivity index is 0.000000506. The number of aromatic amines is 1. The molecule has 10 nitrogen and oxygen atoms in total. The fourth-order valence-corrected chi connectivity index (χ4v) is 5.79. The Morgan fingerprint density at radius 3 is 2.14 bits per heavy atom. The van der Waals surface area contributed by atoms with Gasteiger partial charge in [0.25, 0.3) is 12.3 Å². The molecular weight excluding hydrogens is 775 g/mol. The van der Waals surface area contributed by atoms with Gasteiger partial charge in [-0.25, -0.2) is 8.78 Å². The van der Waals surface area contributed by atoms with Gasteiger partial charge in [-0.2, -0.15) is 54.6 Å². The molecule has 0 unspecified atom stereocenters. The molecule has 0 aliphatic heterocycles. The predicted octanol–water partition coefficient (Wildman–Crippen LogP) is 10.0. The van der Waals surface area contributed by atoms with E-state index in [1.165, 1.54) is 44.6 Å². The maximum atomic E-state index is 13.7. The van der Waals surface area contributed by atoms with Crippen LogP contribution in [0, 0.1) is 11.8 Å². The number of benzene rings is 1. The first-order chi connectivity index (χ1) is 26.1. The fourth-order valence-electron chi connectivity index (χ4n) is 5.79. The highest BCUT2D eigenvalue weighted by Gasteiger charge is 2.36. The standard InChI is InChI=1S/C24H19F8N7O3.C10H20.CHF3/c1-10(40)12-6-15-19(36-21(12)42-9-18(25)26)37-22(35-15)34-14-5-11(3-4-13(14)23(27,28)29)8-33-20(41)16-7-17(24(30,31)32)38-39(16)2;1-3-4-10-7-5-9(2)6-8-10;2-1(3)4/h3-7,18H,8-9H2,1-2H3,(H,33,41)(H2,34,35,36,37);9-10H,3-8H2,1-2H3;1H. The summed E-state index contributed by atoms with van der Waals surface area (Å²) in [5, 5.41) is 8.01. The van der Waals surface area contributed by atoms with Gasteiger partial charge in [-0.15, -0.1) is 0 Å². The summed E-state index contributed by atoms with van der Waals surface area (Å²) >= 11 is 0. The fraction of sp³-hybridized carbons (Fsp3) is 0.514. The largest absolute Gasteiger partial charge is 0.471 e. The van der Waals surface area contributed by atoms with Crippen LogP contribution in [-0.4, -0.2) is 56.1 Å². The SMILES string of the molecule is CC(=O)c1cc2[nH]c(Nc3cc(CNC(=O)c4cc(C(F)(F)F)nn4C)ccc3C(F)(F)F)nc2nc1OCC(F)F.CCCC1CCC(C)CC1.FC(F)F. The smallest absolute Gasteiger partial charge is 0.435 e. The summed E-state index contributed by atoms with van der Waals surface area (Å²) in [4.78, 5) is 34.9. The van der Waals surface area contributed by atoms with Crippen LogP contribution in [0.2, 0.25) is 0 Å². The van der Waals surface area contributed by atoms with Crippen molar-refractivity contribution in [2.24, 2.45) is 18.9 Å². The Kier molecular flexibility index (Phi) is 16.0. The lowest BCUT2D eigenvalue weighted by Gasteiger charge is -2.25. The molecule has 1 aliphatic carbocycles. The molecule has 1 amide bonds. The van der Waals surface area contributed by atoms with Crippen molar-refractivity contribution in [2.45, 2.75) is 91.3 Å². The quantitative estimate of drug-likeness (QED) is 0.102.